The van der Waals surface area contributed by atoms with Crippen LogP contribution in [0.15, 0.2) is 3.92 Å². The normalized spacial score (nSPS) is 12.2. The van der Waals surface area contributed by atoms with Crippen LogP contribution in [0.5, 0.6) is 0 Å². The van der Waals surface area contributed by atoms with Crippen molar-refractivity contribution in [2.45, 2.75) is 60.3 Å². The van der Waals surface area contributed by atoms with Gasteiger partial charge in [0.05, 0.1) is 0 Å². The van der Waals surface area contributed by atoms with Crippen LogP contribution in [0.2, 0.25) is 0 Å². The van der Waals surface area contributed by atoms with Gasteiger partial charge < -0.3 is 0 Å². The predicted molar refractivity (Wildman–Crippen MR) is 91.7 cm³/mol. The van der Waals surface area contributed by atoms with Crippen LogP contribution in [0.1, 0.15) is 61.5 Å². The number of hydrogen-bond acceptors (Lipinski definition) is 6. The first-order chi connectivity index (χ1) is 9.65. The minimum Gasteiger partial charge on any atom is -0.144 e. The van der Waals surface area contributed by atoms with Gasteiger partial charge in [-0.3, -0.25) is 0 Å². The van der Waals surface area contributed by atoms with Crippen LogP contribution >= 0.6 is 38.6 Å². The maximum Gasteiger partial charge on any atom is 0.183 e. The van der Waals surface area contributed by atoms with E-state index in [0.717, 1.165) is 19.9 Å². The van der Waals surface area contributed by atoms with Crippen LogP contribution in [0, 0.1) is 13.8 Å². The molecule has 1 fully saturated rings. The third-order valence-electron chi connectivity index (χ3n) is 1.97. The lowest BCUT2D eigenvalue weighted by atomic mass is 10.5. The molecule has 0 aromatic carbocycles. The first-order valence-electron chi connectivity index (χ1n) is 6.91. The average Bonchev–Trinajstić information content (AvgIpc) is 3.13. The van der Waals surface area contributed by atoms with Gasteiger partial charge in [0.15, 0.2) is 3.92 Å². The van der Waals surface area contributed by atoms with Crippen LogP contribution in [-0.4, -0.2) is 20.4 Å². The Labute approximate surface area is 138 Å². The topological polar surface area (TPSA) is 51.6 Å². The zero-order chi connectivity index (χ0) is 15.5. The van der Waals surface area contributed by atoms with Gasteiger partial charge in [0.1, 0.15) is 15.0 Å². The van der Waals surface area contributed by atoms with E-state index in [0.29, 0.717) is 0 Å². The van der Waals surface area contributed by atoms with E-state index in [2.05, 4.69) is 36.3 Å². The summed E-state index contributed by atoms with van der Waals surface area (Å²) >= 11 is 6.45. The zero-order valence-electron chi connectivity index (χ0n) is 13.0. The van der Waals surface area contributed by atoms with E-state index in [-0.39, 0.29) is 0 Å². The van der Waals surface area contributed by atoms with E-state index < -0.39 is 0 Å². The molecule has 0 bridgehead atoms. The van der Waals surface area contributed by atoms with Crippen molar-refractivity contribution in [2.75, 3.05) is 0 Å². The molecule has 0 aliphatic heterocycles. The Kier molecular flexibility index (Phi) is 11.1. The van der Waals surface area contributed by atoms with E-state index >= 15 is 0 Å². The van der Waals surface area contributed by atoms with Gasteiger partial charge in [-0.25, -0.2) is 0 Å². The number of rotatable bonds is 1. The van der Waals surface area contributed by atoms with Crippen molar-refractivity contribution in [1.82, 2.24) is 20.4 Å². The number of hydrogen-bond donors (Lipinski definition) is 0. The summed E-state index contributed by atoms with van der Waals surface area (Å²) < 4.78 is 0.852. The van der Waals surface area contributed by atoms with Crippen LogP contribution in [0.3, 0.4) is 0 Å². The first-order valence-corrected chi connectivity index (χ1v) is 9.33. The summed E-state index contributed by atoms with van der Waals surface area (Å²) in [5.74, 6) is 0.774. The summed E-state index contributed by atoms with van der Waals surface area (Å²) in [4.78, 5) is 0. The zero-order valence-corrected chi connectivity index (χ0v) is 16.2. The van der Waals surface area contributed by atoms with Gasteiger partial charge in [-0.1, -0.05) is 39.0 Å². The molecule has 0 atom stereocenters. The van der Waals surface area contributed by atoms with Crippen molar-refractivity contribution in [3.8, 4) is 0 Å². The summed E-state index contributed by atoms with van der Waals surface area (Å²) in [6, 6.07) is 0. The predicted octanol–water partition coefficient (Wildman–Crippen LogP) is 5.39. The van der Waals surface area contributed by atoms with Crippen molar-refractivity contribution in [3.63, 3.8) is 0 Å². The number of aromatic nitrogens is 4. The summed E-state index contributed by atoms with van der Waals surface area (Å²) in [5, 5.41) is 18.8. The Morgan fingerprint density at radius 3 is 1.60 bits per heavy atom. The Morgan fingerprint density at radius 2 is 1.35 bits per heavy atom. The Balaban J connectivity index is 0.000000296. The molecular weight excluding hydrogens is 356 g/mol. The quantitative estimate of drug-likeness (QED) is 0.667. The first kappa shape index (κ1) is 19.6. The average molecular weight is 379 g/mol. The molecule has 0 unspecified atom stereocenters. The molecule has 7 heteroatoms. The number of nitrogens with zero attached hydrogens (tertiary/aromatic N) is 4. The highest BCUT2D eigenvalue weighted by Crippen LogP contribution is 2.40. The van der Waals surface area contributed by atoms with Crippen molar-refractivity contribution in [2.24, 2.45) is 0 Å². The monoisotopic (exact) mass is 378 g/mol. The van der Waals surface area contributed by atoms with E-state index in [9.17, 15) is 0 Å². The van der Waals surface area contributed by atoms with Gasteiger partial charge in [0.2, 0.25) is 0 Å². The minimum absolute atomic E-state index is 0.774. The SMILES string of the molecule is CC.CC.Cc1nnc(Br)s1.Cc1nnc(C2CC2)s1. The Hall–Kier alpha value is -0.400. The second-order valence-corrected chi connectivity index (χ2v) is 7.18. The van der Waals surface area contributed by atoms with Gasteiger partial charge in [-0.15, -0.1) is 31.7 Å². The maximum atomic E-state index is 4.05. The van der Waals surface area contributed by atoms with Crippen molar-refractivity contribution >= 4 is 38.6 Å². The van der Waals surface area contributed by atoms with Crippen molar-refractivity contribution in [3.05, 3.63) is 18.9 Å². The molecule has 1 aliphatic rings. The van der Waals surface area contributed by atoms with E-state index in [4.69, 9.17) is 0 Å². The van der Waals surface area contributed by atoms with Crippen molar-refractivity contribution in [1.29, 1.82) is 0 Å². The molecule has 0 saturated heterocycles. The molecule has 20 heavy (non-hydrogen) atoms. The molecule has 0 spiro atoms. The molecule has 1 saturated carbocycles. The fraction of sp³-hybridized carbons (Fsp3) is 0.692. The number of aryl methyl sites for hydroxylation is 2. The molecule has 2 aromatic heterocycles. The second kappa shape index (κ2) is 11.3. The highest BCUT2D eigenvalue weighted by molar-refractivity contribution is 9.11. The molecule has 3 rings (SSSR count). The highest BCUT2D eigenvalue weighted by Gasteiger charge is 2.26. The molecule has 0 radical (unpaired) electrons. The lowest BCUT2D eigenvalue weighted by Gasteiger charge is -1.79. The lowest BCUT2D eigenvalue weighted by Crippen LogP contribution is -1.74. The van der Waals surface area contributed by atoms with Gasteiger partial charge in [-0.2, -0.15) is 0 Å². The largest absolute Gasteiger partial charge is 0.183 e. The molecule has 1 aliphatic carbocycles. The third-order valence-corrected chi connectivity index (χ3v) is 4.24. The van der Waals surface area contributed by atoms with Crippen LogP contribution in [0.4, 0.5) is 0 Å². The molecule has 2 aromatic rings. The Bertz CT molecular complexity index is 450. The smallest absolute Gasteiger partial charge is 0.144 e. The van der Waals surface area contributed by atoms with Crippen LogP contribution in [0.25, 0.3) is 0 Å². The molecular formula is C13H23BrN4S2. The summed E-state index contributed by atoms with van der Waals surface area (Å²) in [6.45, 7) is 11.9. The van der Waals surface area contributed by atoms with Crippen molar-refractivity contribution < 1.29 is 0 Å². The molecule has 4 nitrogen and oxygen atoms in total. The molecule has 114 valence electrons. The van der Waals surface area contributed by atoms with Gasteiger partial charge in [0.25, 0.3) is 0 Å². The summed E-state index contributed by atoms with van der Waals surface area (Å²) in [6.07, 6.45) is 2.66. The summed E-state index contributed by atoms with van der Waals surface area (Å²) in [5.41, 5.74) is 0. The minimum atomic E-state index is 0.774. The van der Waals surface area contributed by atoms with Gasteiger partial charge in [-0.05, 0) is 42.6 Å². The Morgan fingerprint density at radius 1 is 0.850 bits per heavy atom. The van der Waals surface area contributed by atoms with E-state index in [1.54, 1.807) is 11.3 Å². The fourth-order valence-corrected chi connectivity index (χ4v) is 3.14. The van der Waals surface area contributed by atoms with Crippen LogP contribution < -0.4 is 0 Å². The molecule has 0 N–H and O–H groups in total. The fourth-order valence-electron chi connectivity index (χ4n) is 1.08. The highest BCUT2D eigenvalue weighted by atomic mass is 79.9. The molecule has 0 amide bonds. The third kappa shape index (κ3) is 8.01. The lowest BCUT2D eigenvalue weighted by molar-refractivity contribution is 0.958. The maximum absolute atomic E-state index is 4.05. The van der Waals surface area contributed by atoms with E-state index in [1.807, 2.05) is 41.5 Å². The number of halogens is 1. The second-order valence-electron chi connectivity index (χ2n) is 3.51. The van der Waals surface area contributed by atoms with Crippen LogP contribution in [-0.2, 0) is 0 Å². The van der Waals surface area contributed by atoms with Gasteiger partial charge >= 0.3 is 0 Å². The standard InChI is InChI=1S/C6H8N2S.C3H3BrN2S.2C2H6/c1-4-7-8-6(9-4)5-2-3-5;1-2-5-6-3(4)7-2;2*1-2/h5H,2-3H2,1H3;1H3;2*1-2H3. The molecule has 2 heterocycles. The van der Waals surface area contributed by atoms with E-state index in [1.165, 1.54) is 29.2 Å². The summed E-state index contributed by atoms with van der Waals surface area (Å²) in [7, 11) is 0. The van der Waals surface area contributed by atoms with Gasteiger partial charge in [0, 0.05) is 5.92 Å².